The molecule has 0 aromatic heterocycles. The first-order chi connectivity index (χ1) is 23.0. The Morgan fingerprint density at radius 2 is 2.00 bits per heavy atom. The summed E-state index contributed by atoms with van der Waals surface area (Å²) in [5.74, 6) is 0.726. The highest BCUT2D eigenvalue weighted by Crippen LogP contribution is 2.47. The number of likely N-dealkylation sites (tertiary alicyclic amines) is 1. The molecule has 2 aromatic rings. The van der Waals surface area contributed by atoms with Crippen molar-refractivity contribution < 1.29 is 28.4 Å². The van der Waals surface area contributed by atoms with Gasteiger partial charge in [-0.05, 0) is 92.5 Å². The lowest BCUT2D eigenvalue weighted by atomic mass is 9.68. The van der Waals surface area contributed by atoms with Crippen molar-refractivity contribution in [3.8, 4) is 5.75 Å². The topological polar surface area (TPSA) is 121 Å². The molecule has 258 valence electrons. The fourth-order valence-corrected chi connectivity index (χ4v) is 10.2. The summed E-state index contributed by atoms with van der Waals surface area (Å²) in [5.41, 5.74) is 4.96. The molecule has 5 aliphatic rings. The second-order valence-corrected chi connectivity index (χ2v) is 16.8. The van der Waals surface area contributed by atoms with Crippen LogP contribution in [0.5, 0.6) is 5.75 Å². The molecule has 11 heteroatoms. The number of nitrogens with one attached hydrogen (secondary N) is 1. The van der Waals surface area contributed by atoms with Gasteiger partial charge in [-0.1, -0.05) is 42.8 Å². The van der Waals surface area contributed by atoms with E-state index in [2.05, 4.69) is 51.3 Å². The predicted octanol–water partition coefficient (Wildman–Crippen LogP) is 5.01. The zero-order valence-electron chi connectivity index (χ0n) is 28.2. The van der Waals surface area contributed by atoms with Crippen LogP contribution < -0.4 is 14.4 Å². The number of aryl methyl sites for hydroxylation is 2. The number of ether oxygens (including phenoxy) is 2. The van der Waals surface area contributed by atoms with Crippen LogP contribution >= 0.6 is 0 Å². The molecule has 1 saturated carbocycles. The molecule has 3 heterocycles. The molecule has 3 amide bonds. The Labute approximate surface area is 284 Å². The summed E-state index contributed by atoms with van der Waals surface area (Å²) in [5, 5.41) is 9.71. The van der Waals surface area contributed by atoms with Crippen LogP contribution in [0.2, 0.25) is 0 Å². The summed E-state index contributed by atoms with van der Waals surface area (Å²) in [7, 11) is -1.72. The molecule has 0 radical (unpaired) electrons. The molecule has 1 saturated heterocycles. The summed E-state index contributed by atoms with van der Waals surface area (Å²) < 4.78 is 33.8. The van der Waals surface area contributed by atoms with Gasteiger partial charge in [-0.3, -0.25) is 9.52 Å². The second kappa shape index (κ2) is 13.1. The van der Waals surface area contributed by atoms with Gasteiger partial charge in [0.05, 0.1) is 43.3 Å². The average Bonchev–Trinajstić information content (AvgIpc) is 3.17. The molecule has 2 N–H and O–H groups in total. The van der Waals surface area contributed by atoms with Crippen LogP contribution in [-0.4, -0.2) is 84.0 Å². The highest BCUT2D eigenvalue weighted by Gasteiger charge is 2.44. The smallest absolute Gasteiger partial charge is 0.330 e. The molecular weight excluding hydrogens is 628 g/mol. The Hall–Kier alpha value is -3.41. The van der Waals surface area contributed by atoms with E-state index >= 15 is 0 Å². The van der Waals surface area contributed by atoms with Gasteiger partial charge >= 0.3 is 6.03 Å². The quantitative estimate of drug-likeness (QED) is 0.429. The zero-order chi connectivity index (χ0) is 33.6. The number of β-amino-alcohol motifs (C(OH)–C–C–N with tert-alkyl or cyclic N) is 1. The number of urea groups is 1. The van der Waals surface area contributed by atoms with Crippen LogP contribution in [0.25, 0.3) is 0 Å². The van der Waals surface area contributed by atoms with Crippen LogP contribution in [0.15, 0.2) is 52.9 Å². The van der Waals surface area contributed by atoms with E-state index in [0.717, 1.165) is 56.6 Å². The maximum absolute atomic E-state index is 14.3. The van der Waals surface area contributed by atoms with Gasteiger partial charge in [0, 0.05) is 31.2 Å². The van der Waals surface area contributed by atoms with E-state index in [0.29, 0.717) is 30.4 Å². The zero-order valence-corrected chi connectivity index (χ0v) is 29.0. The molecule has 6 atom stereocenters. The Morgan fingerprint density at radius 3 is 2.75 bits per heavy atom. The number of fused-ring (bicyclic) bond motifs is 4. The van der Waals surface area contributed by atoms with Gasteiger partial charge < -0.3 is 24.4 Å². The van der Waals surface area contributed by atoms with Gasteiger partial charge in [0.2, 0.25) is 0 Å². The summed E-state index contributed by atoms with van der Waals surface area (Å²) in [6.45, 7) is 6.50. The predicted molar refractivity (Wildman–Crippen MR) is 186 cm³/mol. The Balaban J connectivity index is 1.29. The number of aliphatic hydroxyl groups excluding tert-OH is 1. The number of allylic oxidation sites excluding steroid dienone is 1. The lowest BCUT2D eigenvalue weighted by Crippen LogP contribution is -2.57. The van der Waals surface area contributed by atoms with Crippen LogP contribution in [0, 0.1) is 24.7 Å². The molecule has 1 spiro atoms. The van der Waals surface area contributed by atoms with E-state index < -0.39 is 28.0 Å². The lowest BCUT2D eigenvalue weighted by molar-refractivity contribution is 0.0131. The number of anilines is 1. The lowest BCUT2D eigenvalue weighted by Gasteiger charge is -2.46. The second-order valence-electron chi connectivity index (χ2n) is 14.8. The first-order valence-corrected chi connectivity index (χ1v) is 19.1. The standard InChI is InChI=1S/C37H48N4O6S/c1-24-9-13-31-26(16-24)7-5-15-37(31)22-41-18-28-10-12-30(28)33(46-3)8-4-6-25(2)21-48(45,39-36(44)40-19-29(42)20-40)38-35(43)27-11-14-34(47-23-37)32(41)17-27/h4,8-9,11,13-14,16-17,25,28-30,33,42H,5-7,10,12,15,18-23H2,1-3H3,(H,38,39,43,44,45)/b8-4+/t25-,28-,30+,33-,37-,48?/m0/s1. The SMILES string of the molecule is CO[C@H]1/C=C/C[C@H](C)CS(=O)(NC(=O)N2CC(O)C2)=NC(=O)c2ccc3c(c2)N(C[C@@H]2CC[C@H]21)C[C@@]1(CCCc2cc(C)ccc21)CO3. The molecule has 2 fully saturated rings. The first-order valence-electron chi connectivity index (χ1n) is 17.4. The number of rotatable bonds is 2. The van der Waals surface area contributed by atoms with E-state index in [1.54, 1.807) is 13.2 Å². The Kier molecular flexibility index (Phi) is 9.06. The van der Waals surface area contributed by atoms with Crippen LogP contribution in [0.1, 0.15) is 66.1 Å². The third-order valence-corrected chi connectivity index (χ3v) is 13.1. The highest BCUT2D eigenvalue weighted by molar-refractivity contribution is 7.92. The molecular formula is C37H48N4O6S. The van der Waals surface area contributed by atoms with Crippen molar-refractivity contribution in [2.45, 2.75) is 70.0 Å². The van der Waals surface area contributed by atoms with Gasteiger partial charge in [0.1, 0.15) is 15.7 Å². The van der Waals surface area contributed by atoms with Crippen LogP contribution in [0.4, 0.5) is 10.5 Å². The van der Waals surface area contributed by atoms with E-state index in [4.69, 9.17) is 9.47 Å². The minimum absolute atomic E-state index is 0.0104. The highest BCUT2D eigenvalue weighted by atomic mass is 32.2. The minimum atomic E-state index is -3.49. The number of hydrogen-bond donors (Lipinski definition) is 2. The summed E-state index contributed by atoms with van der Waals surface area (Å²) in [6, 6.07) is 11.6. The molecule has 10 nitrogen and oxygen atoms in total. The third-order valence-electron chi connectivity index (χ3n) is 11.1. The number of carbonyl (C=O) groups is 2. The molecule has 7 rings (SSSR count). The van der Waals surface area contributed by atoms with Gasteiger partial charge in [-0.25, -0.2) is 9.00 Å². The van der Waals surface area contributed by atoms with E-state index in [9.17, 15) is 18.9 Å². The van der Waals surface area contributed by atoms with Crippen LogP contribution in [-0.2, 0) is 26.5 Å². The van der Waals surface area contributed by atoms with Crippen molar-refractivity contribution in [1.82, 2.24) is 9.62 Å². The number of benzene rings is 2. The van der Waals surface area contributed by atoms with Gasteiger partial charge in [0.25, 0.3) is 5.91 Å². The van der Waals surface area contributed by atoms with Crippen molar-refractivity contribution in [2.24, 2.45) is 22.1 Å². The summed E-state index contributed by atoms with van der Waals surface area (Å²) in [6.07, 6.45) is 9.50. The van der Waals surface area contributed by atoms with E-state index in [1.807, 2.05) is 19.1 Å². The number of hydrogen-bond acceptors (Lipinski definition) is 7. The molecule has 48 heavy (non-hydrogen) atoms. The number of carbonyl (C=O) groups excluding carboxylic acids is 2. The number of aliphatic hydroxyl groups is 1. The number of nitrogens with zero attached hydrogens (tertiary/aromatic N) is 3. The fourth-order valence-electron chi connectivity index (χ4n) is 8.35. The monoisotopic (exact) mass is 676 g/mol. The Bertz CT molecular complexity index is 1730. The molecule has 3 aliphatic heterocycles. The summed E-state index contributed by atoms with van der Waals surface area (Å²) >= 11 is 0. The van der Waals surface area contributed by atoms with Crippen molar-refractivity contribution in [3.63, 3.8) is 0 Å². The van der Waals surface area contributed by atoms with Crippen LogP contribution in [0.3, 0.4) is 0 Å². The number of amides is 3. The Morgan fingerprint density at radius 1 is 1.17 bits per heavy atom. The molecule has 2 aromatic carbocycles. The third kappa shape index (κ3) is 6.48. The first kappa shape index (κ1) is 33.1. The fraction of sp³-hybridized carbons (Fsp3) is 0.568. The number of methoxy groups -OCH3 is 1. The maximum atomic E-state index is 14.3. The average molecular weight is 677 g/mol. The maximum Gasteiger partial charge on any atom is 0.330 e. The van der Waals surface area contributed by atoms with Crippen molar-refractivity contribution >= 4 is 27.5 Å². The molecule has 1 unspecified atom stereocenters. The van der Waals surface area contributed by atoms with Gasteiger partial charge in [-0.2, -0.15) is 0 Å². The van der Waals surface area contributed by atoms with Gasteiger partial charge in [0.15, 0.2) is 0 Å². The minimum Gasteiger partial charge on any atom is -0.490 e. The summed E-state index contributed by atoms with van der Waals surface area (Å²) in [4.78, 5) is 30.6. The molecule has 2 bridgehead atoms. The van der Waals surface area contributed by atoms with E-state index in [-0.39, 0.29) is 36.3 Å². The van der Waals surface area contributed by atoms with E-state index in [1.165, 1.54) is 21.6 Å². The largest absolute Gasteiger partial charge is 0.490 e. The van der Waals surface area contributed by atoms with Gasteiger partial charge in [-0.15, -0.1) is 4.36 Å². The van der Waals surface area contributed by atoms with Crippen molar-refractivity contribution in [3.05, 3.63) is 70.8 Å². The van der Waals surface area contributed by atoms with Crippen molar-refractivity contribution in [1.29, 1.82) is 0 Å². The van der Waals surface area contributed by atoms with Crippen molar-refractivity contribution in [2.75, 3.05) is 50.5 Å². The molecule has 2 aliphatic carbocycles. The normalized spacial score (nSPS) is 32.8.